The minimum Gasteiger partial charge on any atom is -0.488 e. The third-order valence-corrected chi connectivity index (χ3v) is 2.86. The summed E-state index contributed by atoms with van der Waals surface area (Å²) in [5, 5.41) is 9.37. The Morgan fingerprint density at radius 3 is 2.19 bits per heavy atom. The molecule has 0 fully saturated rings. The van der Waals surface area contributed by atoms with E-state index in [0.29, 0.717) is 5.92 Å². The van der Waals surface area contributed by atoms with Crippen molar-refractivity contribution >= 4 is 0 Å². The zero-order valence-corrected chi connectivity index (χ0v) is 10.8. The zero-order valence-electron chi connectivity index (χ0n) is 10.8. The second kappa shape index (κ2) is 5.35. The minimum absolute atomic E-state index is 0.177. The molecule has 0 heterocycles. The van der Waals surface area contributed by atoms with Gasteiger partial charge in [0, 0.05) is 0 Å². The molecule has 0 aliphatic rings. The highest BCUT2D eigenvalue weighted by Crippen LogP contribution is 2.24. The number of ether oxygens (including phenoxy) is 1. The SMILES string of the molecule is Cc1cc(OC(C)[C@H](C)O)ccc1C(C)C. The van der Waals surface area contributed by atoms with Crippen molar-refractivity contribution in [2.45, 2.75) is 52.7 Å². The molecule has 0 saturated heterocycles. The monoisotopic (exact) mass is 222 g/mol. The molecule has 0 bridgehead atoms. The fourth-order valence-corrected chi connectivity index (χ4v) is 1.68. The summed E-state index contributed by atoms with van der Waals surface area (Å²) < 4.78 is 5.64. The Morgan fingerprint density at radius 1 is 1.12 bits per heavy atom. The van der Waals surface area contributed by atoms with Gasteiger partial charge in [0.1, 0.15) is 11.9 Å². The summed E-state index contributed by atoms with van der Waals surface area (Å²) in [7, 11) is 0. The van der Waals surface area contributed by atoms with Crippen LogP contribution < -0.4 is 4.74 Å². The van der Waals surface area contributed by atoms with Crippen molar-refractivity contribution in [3.05, 3.63) is 29.3 Å². The summed E-state index contributed by atoms with van der Waals surface area (Å²) in [6.07, 6.45) is -0.630. The summed E-state index contributed by atoms with van der Waals surface area (Å²) in [6, 6.07) is 6.11. The third kappa shape index (κ3) is 3.24. The maximum atomic E-state index is 9.37. The van der Waals surface area contributed by atoms with E-state index in [1.54, 1.807) is 6.92 Å². The summed E-state index contributed by atoms with van der Waals surface area (Å²) >= 11 is 0. The van der Waals surface area contributed by atoms with Gasteiger partial charge in [0.25, 0.3) is 0 Å². The van der Waals surface area contributed by atoms with Crippen LogP contribution in [0.25, 0.3) is 0 Å². The van der Waals surface area contributed by atoms with Crippen molar-refractivity contribution in [1.82, 2.24) is 0 Å². The van der Waals surface area contributed by atoms with Crippen LogP contribution in [0.3, 0.4) is 0 Å². The van der Waals surface area contributed by atoms with Crippen LogP contribution in [0.15, 0.2) is 18.2 Å². The van der Waals surface area contributed by atoms with E-state index in [2.05, 4.69) is 26.8 Å². The number of rotatable bonds is 4. The molecule has 1 N–H and O–H groups in total. The lowest BCUT2D eigenvalue weighted by Gasteiger charge is -2.18. The summed E-state index contributed by atoms with van der Waals surface area (Å²) in [4.78, 5) is 0. The first-order valence-electron chi connectivity index (χ1n) is 5.87. The Labute approximate surface area is 98.3 Å². The van der Waals surface area contributed by atoms with Gasteiger partial charge in [-0.05, 0) is 49.9 Å². The van der Waals surface area contributed by atoms with Crippen LogP contribution in [0.4, 0.5) is 0 Å². The van der Waals surface area contributed by atoms with Crippen molar-refractivity contribution in [1.29, 1.82) is 0 Å². The number of aliphatic hydroxyl groups is 1. The lowest BCUT2D eigenvalue weighted by atomic mass is 9.98. The van der Waals surface area contributed by atoms with Gasteiger partial charge >= 0.3 is 0 Å². The topological polar surface area (TPSA) is 29.5 Å². The van der Waals surface area contributed by atoms with E-state index in [-0.39, 0.29) is 6.10 Å². The third-order valence-electron chi connectivity index (χ3n) is 2.86. The van der Waals surface area contributed by atoms with E-state index in [1.807, 2.05) is 19.1 Å². The Kier molecular flexibility index (Phi) is 4.36. The normalized spacial score (nSPS) is 14.9. The van der Waals surface area contributed by atoms with Crippen LogP contribution in [-0.2, 0) is 0 Å². The molecule has 0 amide bonds. The van der Waals surface area contributed by atoms with Gasteiger partial charge < -0.3 is 9.84 Å². The molecule has 0 saturated carbocycles. The molecule has 2 heteroatoms. The van der Waals surface area contributed by atoms with Crippen molar-refractivity contribution in [3.63, 3.8) is 0 Å². The molecule has 1 unspecified atom stereocenters. The smallest absolute Gasteiger partial charge is 0.121 e. The quantitative estimate of drug-likeness (QED) is 0.847. The summed E-state index contributed by atoms with van der Waals surface area (Å²) in [5.41, 5.74) is 2.59. The van der Waals surface area contributed by atoms with Crippen LogP contribution in [0.2, 0.25) is 0 Å². The predicted molar refractivity (Wildman–Crippen MR) is 67.0 cm³/mol. The van der Waals surface area contributed by atoms with Crippen LogP contribution in [0.5, 0.6) is 5.75 Å². The molecule has 16 heavy (non-hydrogen) atoms. The van der Waals surface area contributed by atoms with E-state index in [9.17, 15) is 5.11 Å². The molecular formula is C14H22O2. The molecule has 0 aromatic heterocycles. The molecular weight excluding hydrogens is 200 g/mol. The van der Waals surface area contributed by atoms with Gasteiger partial charge in [0.2, 0.25) is 0 Å². The van der Waals surface area contributed by atoms with E-state index in [1.165, 1.54) is 11.1 Å². The minimum atomic E-state index is -0.454. The van der Waals surface area contributed by atoms with Crippen molar-refractivity contribution < 1.29 is 9.84 Å². The zero-order chi connectivity index (χ0) is 12.3. The standard InChI is InChI=1S/C14H22O2/c1-9(2)14-7-6-13(8-10(14)3)16-12(5)11(4)15/h6-9,11-12,15H,1-5H3/t11-,12?/m0/s1. The fourth-order valence-electron chi connectivity index (χ4n) is 1.68. The number of benzene rings is 1. The van der Waals surface area contributed by atoms with Gasteiger partial charge in [0.15, 0.2) is 0 Å². The van der Waals surface area contributed by atoms with Gasteiger partial charge in [-0.1, -0.05) is 19.9 Å². The van der Waals surface area contributed by atoms with Crippen molar-refractivity contribution in [2.24, 2.45) is 0 Å². The molecule has 0 aliphatic carbocycles. The van der Waals surface area contributed by atoms with Gasteiger partial charge in [-0.3, -0.25) is 0 Å². The average Bonchev–Trinajstić information content (AvgIpc) is 2.16. The first-order chi connectivity index (χ1) is 7.41. The van der Waals surface area contributed by atoms with E-state index in [0.717, 1.165) is 5.75 Å². The molecule has 1 aromatic carbocycles. The molecule has 2 nitrogen and oxygen atoms in total. The van der Waals surface area contributed by atoms with Gasteiger partial charge in [-0.2, -0.15) is 0 Å². The van der Waals surface area contributed by atoms with Gasteiger partial charge in [-0.25, -0.2) is 0 Å². The van der Waals surface area contributed by atoms with Crippen LogP contribution in [-0.4, -0.2) is 17.3 Å². The fraction of sp³-hybridized carbons (Fsp3) is 0.571. The Balaban J connectivity index is 2.81. The average molecular weight is 222 g/mol. The van der Waals surface area contributed by atoms with Crippen molar-refractivity contribution in [3.8, 4) is 5.75 Å². The number of aliphatic hydroxyl groups excluding tert-OH is 1. The van der Waals surface area contributed by atoms with Crippen LogP contribution >= 0.6 is 0 Å². The Bertz CT molecular complexity index is 343. The first kappa shape index (κ1) is 13.0. The second-order valence-electron chi connectivity index (χ2n) is 4.74. The van der Waals surface area contributed by atoms with Gasteiger partial charge in [-0.15, -0.1) is 0 Å². The highest BCUT2D eigenvalue weighted by Gasteiger charge is 2.11. The maximum Gasteiger partial charge on any atom is 0.121 e. The predicted octanol–water partition coefficient (Wildman–Crippen LogP) is 3.27. The molecule has 0 spiro atoms. The van der Waals surface area contributed by atoms with E-state index in [4.69, 9.17) is 4.74 Å². The van der Waals surface area contributed by atoms with E-state index >= 15 is 0 Å². The second-order valence-corrected chi connectivity index (χ2v) is 4.74. The highest BCUT2D eigenvalue weighted by molar-refractivity contribution is 5.36. The largest absolute Gasteiger partial charge is 0.488 e. The number of aryl methyl sites for hydroxylation is 1. The molecule has 0 aliphatic heterocycles. The van der Waals surface area contributed by atoms with Gasteiger partial charge in [0.05, 0.1) is 6.10 Å². The Hall–Kier alpha value is -1.02. The lowest BCUT2D eigenvalue weighted by molar-refractivity contribution is 0.0604. The molecule has 1 aromatic rings. The first-order valence-corrected chi connectivity index (χ1v) is 5.87. The molecule has 1 rings (SSSR count). The molecule has 90 valence electrons. The maximum absolute atomic E-state index is 9.37. The Morgan fingerprint density at radius 2 is 1.75 bits per heavy atom. The highest BCUT2D eigenvalue weighted by atomic mass is 16.5. The van der Waals surface area contributed by atoms with Crippen molar-refractivity contribution in [2.75, 3.05) is 0 Å². The van der Waals surface area contributed by atoms with Crippen LogP contribution in [0.1, 0.15) is 44.7 Å². The lowest BCUT2D eigenvalue weighted by Crippen LogP contribution is -2.25. The summed E-state index contributed by atoms with van der Waals surface area (Å²) in [6.45, 7) is 10.1. The van der Waals surface area contributed by atoms with E-state index < -0.39 is 6.10 Å². The number of hydrogen-bond donors (Lipinski definition) is 1. The summed E-state index contributed by atoms with van der Waals surface area (Å²) in [5.74, 6) is 1.36. The molecule has 2 atom stereocenters. The number of hydrogen-bond acceptors (Lipinski definition) is 2. The van der Waals surface area contributed by atoms with Crippen LogP contribution in [0, 0.1) is 6.92 Å². The molecule has 0 radical (unpaired) electrons.